The standard InChI is InChI=1S/C8H9ClFNS/c1-2-3-12-8-7(10)4-6(9)5-11-8/h4-5H,2-3H2,1H3. The van der Waals surface area contributed by atoms with Crippen LogP contribution in [-0.4, -0.2) is 10.7 Å². The minimum absolute atomic E-state index is 0.332. The van der Waals surface area contributed by atoms with Crippen LogP contribution < -0.4 is 0 Å². The molecule has 0 bridgehead atoms. The molecule has 0 fully saturated rings. The predicted octanol–water partition coefficient (Wildman–Crippen LogP) is 3.38. The topological polar surface area (TPSA) is 12.9 Å². The van der Waals surface area contributed by atoms with Gasteiger partial charge in [-0.15, -0.1) is 11.8 Å². The van der Waals surface area contributed by atoms with Crippen LogP contribution in [0.2, 0.25) is 5.02 Å². The first-order valence-corrected chi connectivity index (χ1v) is 5.04. The Bertz CT molecular complexity index is 267. The monoisotopic (exact) mass is 205 g/mol. The van der Waals surface area contributed by atoms with Crippen molar-refractivity contribution in [3.05, 3.63) is 23.1 Å². The van der Waals surface area contributed by atoms with Crippen LogP contribution in [0.1, 0.15) is 13.3 Å². The van der Waals surface area contributed by atoms with Crippen molar-refractivity contribution < 1.29 is 4.39 Å². The van der Waals surface area contributed by atoms with E-state index in [0.717, 1.165) is 12.2 Å². The summed E-state index contributed by atoms with van der Waals surface area (Å²) in [6, 6.07) is 1.28. The molecule has 1 aromatic heterocycles. The van der Waals surface area contributed by atoms with Gasteiger partial charge in [-0.05, 0) is 18.2 Å². The van der Waals surface area contributed by atoms with Gasteiger partial charge in [0.05, 0.1) is 5.02 Å². The van der Waals surface area contributed by atoms with Gasteiger partial charge in [0, 0.05) is 6.20 Å². The highest BCUT2D eigenvalue weighted by Crippen LogP contribution is 2.21. The molecule has 0 amide bonds. The van der Waals surface area contributed by atoms with Gasteiger partial charge in [0.15, 0.2) is 5.82 Å². The largest absolute Gasteiger partial charge is 0.245 e. The van der Waals surface area contributed by atoms with E-state index in [1.165, 1.54) is 24.0 Å². The Kier molecular flexibility index (Phi) is 3.82. The third-order valence-electron chi connectivity index (χ3n) is 1.22. The Balaban J connectivity index is 2.72. The Morgan fingerprint density at radius 1 is 1.67 bits per heavy atom. The number of pyridine rings is 1. The minimum Gasteiger partial charge on any atom is -0.245 e. The number of hydrogen-bond donors (Lipinski definition) is 0. The molecule has 0 aliphatic heterocycles. The predicted molar refractivity (Wildman–Crippen MR) is 50.2 cm³/mol. The molecular weight excluding hydrogens is 197 g/mol. The van der Waals surface area contributed by atoms with Gasteiger partial charge in [0.1, 0.15) is 5.03 Å². The third kappa shape index (κ3) is 2.64. The Hall–Kier alpha value is -0.280. The fourth-order valence-electron chi connectivity index (χ4n) is 0.707. The average Bonchev–Trinajstić information content (AvgIpc) is 2.03. The first-order valence-electron chi connectivity index (χ1n) is 3.68. The van der Waals surface area contributed by atoms with Crippen LogP contribution >= 0.6 is 23.4 Å². The van der Waals surface area contributed by atoms with E-state index in [1.54, 1.807) is 0 Å². The fraction of sp³-hybridized carbons (Fsp3) is 0.375. The normalized spacial score (nSPS) is 10.2. The second-order valence-electron chi connectivity index (χ2n) is 2.29. The van der Waals surface area contributed by atoms with E-state index in [9.17, 15) is 4.39 Å². The summed E-state index contributed by atoms with van der Waals surface area (Å²) in [4.78, 5) is 3.87. The van der Waals surface area contributed by atoms with Gasteiger partial charge in [-0.3, -0.25) is 0 Å². The van der Waals surface area contributed by atoms with E-state index in [0.29, 0.717) is 10.0 Å². The Morgan fingerprint density at radius 2 is 2.42 bits per heavy atom. The van der Waals surface area contributed by atoms with E-state index >= 15 is 0 Å². The summed E-state index contributed by atoms with van der Waals surface area (Å²) in [7, 11) is 0. The van der Waals surface area contributed by atoms with E-state index in [-0.39, 0.29) is 5.82 Å². The van der Waals surface area contributed by atoms with Gasteiger partial charge in [-0.25, -0.2) is 9.37 Å². The van der Waals surface area contributed by atoms with Crippen molar-refractivity contribution in [1.82, 2.24) is 4.98 Å². The van der Waals surface area contributed by atoms with Gasteiger partial charge < -0.3 is 0 Å². The molecule has 1 heterocycles. The van der Waals surface area contributed by atoms with Crippen LogP contribution in [0.4, 0.5) is 4.39 Å². The van der Waals surface area contributed by atoms with Crippen molar-refractivity contribution in [2.24, 2.45) is 0 Å². The number of halogens is 2. The maximum absolute atomic E-state index is 13.0. The summed E-state index contributed by atoms with van der Waals surface area (Å²) < 4.78 is 13.0. The molecule has 0 aliphatic rings. The SMILES string of the molecule is CCCSc1ncc(Cl)cc1F. The summed E-state index contributed by atoms with van der Waals surface area (Å²) >= 11 is 6.95. The van der Waals surface area contributed by atoms with Gasteiger partial charge in [-0.1, -0.05) is 18.5 Å². The van der Waals surface area contributed by atoms with Crippen LogP contribution in [0, 0.1) is 5.82 Å². The molecule has 0 saturated heterocycles. The highest BCUT2D eigenvalue weighted by molar-refractivity contribution is 7.99. The summed E-state index contributed by atoms with van der Waals surface area (Å²) in [6.45, 7) is 2.04. The van der Waals surface area contributed by atoms with E-state index < -0.39 is 0 Å². The van der Waals surface area contributed by atoms with Crippen molar-refractivity contribution in [2.75, 3.05) is 5.75 Å². The average molecular weight is 206 g/mol. The van der Waals surface area contributed by atoms with Crippen LogP contribution in [0.5, 0.6) is 0 Å². The molecule has 4 heteroatoms. The lowest BCUT2D eigenvalue weighted by molar-refractivity contribution is 0.588. The van der Waals surface area contributed by atoms with Crippen molar-refractivity contribution >= 4 is 23.4 Å². The Morgan fingerprint density at radius 3 is 3.00 bits per heavy atom. The lowest BCUT2D eigenvalue weighted by atomic mass is 10.5. The molecule has 0 spiro atoms. The van der Waals surface area contributed by atoms with Gasteiger partial charge in [-0.2, -0.15) is 0 Å². The third-order valence-corrected chi connectivity index (χ3v) is 2.61. The zero-order valence-corrected chi connectivity index (χ0v) is 8.25. The highest BCUT2D eigenvalue weighted by atomic mass is 35.5. The molecule has 0 N–H and O–H groups in total. The second kappa shape index (κ2) is 4.67. The summed E-state index contributed by atoms with van der Waals surface area (Å²) in [6.07, 6.45) is 2.47. The van der Waals surface area contributed by atoms with Crippen LogP contribution in [-0.2, 0) is 0 Å². The Labute approximate surface area is 80.3 Å². The summed E-state index contributed by atoms with van der Waals surface area (Å²) in [5.74, 6) is 0.548. The molecule has 12 heavy (non-hydrogen) atoms. The summed E-state index contributed by atoms with van der Waals surface area (Å²) in [5.41, 5.74) is 0. The molecule has 0 atom stereocenters. The van der Waals surface area contributed by atoms with Gasteiger partial charge >= 0.3 is 0 Å². The van der Waals surface area contributed by atoms with Crippen molar-refractivity contribution in [3.63, 3.8) is 0 Å². The number of nitrogens with zero attached hydrogens (tertiary/aromatic N) is 1. The molecule has 66 valence electrons. The first kappa shape index (κ1) is 9.81. The molecule has 0 aliphatic carbocycles. The molecule has 0 radical (unpaired) electrons. The molecule has 1 rings (SSSR count). The second-order valence-corrected chi connectivity index (χ2v) is 3.81. The van der Waals surface area contributed by atoms with Crippen molar-refractivity contribution in [2.45, 2.75) is 18.4 Å². The molecule has 0 unspecified atom stereocenters. The van der Waals surface area contributed by atoms with Crippen LogP contribution in [0.15, 0.2) is 17.3 Å². The number of hydrogen-bond acceptors (Lipinski definition) is 2. The lowest BCUT2D eigenvalue weighted by Gasteiger charge is -1.99. The molecule has 1 nitrogen and oxygen atoms in total. The van der Waals surface area contributed by atoms with E-state index in [2.05, 4.69) is 4.98 Å². The van der Waals surface area contributed by atoms with Gasteiger partial charge in [0.25, 0.3) is 0 Å². The van der Waals surface area contributed by atoms with E-state index in [1.807, 2.05) is 6.92 Å². The van der Waals surface area contributed by atoms with Crippen molar-refractivity contribution in [3.8, 4) is 0 Å². The zero-order chi connectivity index (χ0) is 8.97. The first-order chi connectivity index (χ1) is 5.74. The highest BCUT2D eigenvalue weighted by Gasteiger charge is 2.03. The van der Waals surface area contributed by atoms with Crippen LogP contribution in [0.25, 0.3) is 0 Å². The molecule has 1 aromatic rings. The molecular formula is C8H9ClFNS. The molecule has 0 saturated carbocycles. The van der Waals surface area contributed by atoms with Crippen molar-refractivity contribution in [1.29, 1.82) is 0 Å². The lowest BCUT2D eigenvalue weighted by Crippen LogP contribution is -1.87. The maximum Gasteiger partial charge on any atom is 0.156 e. The van der Waals surface area contributed by atoms with Gasteiger partial charge in [0.2, 0.25) is 0 Å². The fourth-order valence-corrected chi connectivity index (χ4v) is 1.57. The minimum atomic E-state index is -0.332. The number of aromatic nitrogens is 1. The molecule has 0 aromatic carbocycles. The number of thioether (sulfide) groups is 1. The number of rotatable bonds is 3. The van der Waals surface area contributed by atoms with Crippen LogP contribution in [0.3, 0.4) is 0 Å². The maximum atomic E-state index is 13.0. The van der Waals surface area contributed by atoms with E-state index in [4.69, 9.17) is 11.6 Å². The summed E-state index contributed by atoms with van der Waals surface area (Å²) in [5, 5.41) is 0.773. The quantitative estimate of drug-likeness (QED) is 0.702. The zero-order valence-electron chi connectivity index (χ0n) is 6.68. The smallest absolute Gasteiger partial charge is 0.156 e.